The quantitative estimate of drug-likeness (QED) is 0.366. The van der Waals surface area contributed by atoms with Gasteiger partial charge in [0.25, 0.3) is 11.8 Å². The summed E-state index contributed by atoms with van der Waals surface area (Å²) in [5, 5.41) is 5.39. The number of sulfonamides is 1. The molecule has 0 radical (unpaired) electrons. The molecule has 0 atom stereocenters. The molecule has 2 rings (SSSR count). The second-order valence-corrected chi connectivity index (χ2v) is 8.60. The SMILES string of the molecule is CCNC(=O)COc1ccc(CNC(=O)c2cccc(S(=O)(=O)NCCOC)c2)cc1OC. The van der Waals surface area contributed by atoms with Crippen LogP contribution >= 0.6 is 0 Å². The minimum atomic E-state index is -3.75. The van der Waals surface area contributed by atoms with E-state index in [4.69, 9.17) is 14.2 Å². The van der Waals surface area contributed by atoms with Crippen molar-refractivity contribution in [3.05, 3.63) is 53.6 Å². The highest BCUT2D eigenvalue weighted by Crippen LogP contribution is 2.28. The number of methoxy groups -OCH3 is 2. The summed E-state index contributed by atoms with van der Waals surface area (Å²) in [4.78, 5) is 24.1. The maximum atomic E-state index is 12.6. The lowest BCUT2D eigenvalue weighted by Crippen LogP contribution is -2.28. The van der Waals surface area contributed by atoms with Crippen molar-refractivity contribution in [2.24, 2.45) is 0 Å². The van der Waals surface area contributed by atoms with Crippen molar-refractivity contribution < 1.29 is 32.2 Å². The van der Waals surface area contributed by atoms with E-state index in [-0.39, 0.29) is 42.7 Å². The molecule has 0 unspecified atom stereocenters. The normalized spacial score (nSPS) is 11.0. The maximum absolute atomic E-state index is 12.6. The standard InChI is InChI=1S/C22H29N3O7S/c1-4-23-21(26)15-32-19-9-8-16(12-20(19)31-3)14-24-22(27)17-6-5-7-18(13-17)33(28,29)25-10-11-30-2/h5-9,12-13,25H,4,10-11,14-15H2,1-3H3,(H,23,26)(H,24,27). The van der Waals surface area contributed by atoms with Crippen molar-refractivity contribution in [1.82, 2.24) is 15.4 Å². The Hall–Kier alpha value is -3.15. The van der Waals surface area contributed by atoms with Crippen LogP contribution in [0, 0.1) is 0 Å². The second-order valence-electron chi connectivity index (χ2n) is 6.83. The van der Waals surface area contributed by atoms with Crippen LogP contribution in [-0.2, 0) is 26.1 Å². The lowest BCUT2D eigenvalue weighted by Gasteiger charge is -2.13. The molecule has 10 nitrogen and oxygen atoms in total. The highest BCUT2D eigenvalue weighted by Gasteiger charge is 2.16. The predicted octanol–water partition coefficient (Wildman–Crippen LogP) is 1.06. The minimum Gasteiger partial charge on any atom is -0.493 e. The summed E-state index contributed by atoms with van der Waals surface area (Å²) in [6.45, 7) is 2.72. The zero-order valence-corrected chi connectivity index (χ0v) is 19.7. The number of benzene rings is 2. The summed E-state index contributed by atoms with van der Waals surface area (Å²) in [7, 11) is -0.805. The van der Waals surface area contributed by atoms with Crippen LogP contribution in [0.25, 0.3) is 0 Å². The van der Waals surface area contributed by atoms with Crippen LogP contribution in [0.3, 0.4) is 0 Å². The molecule has 2 aromatic rings. The summed E-state index contributed by atoms with van der Waals surface area (Å²) in [6, 6.07) is 10.8. The van der Waals surface area contributed by atoms with Gasteiger partial charge in [-0.05, 0) is 42.8 Å². The molecule has 0 aliphatic carbocycles. The Morgan fingerprint density at radius 3 is 2.48 bits per heavy atom. The van der Waals surface area contributed by atoms with E-state index in [1.54, 1.807) is 18.2 Å². The second kappa shape index (κ2) is 12.8. The Bertz CT molecular complexity index is 1060. The van der Waals surface area contributed by atoms with Gasteiger partial charge in [-0.3, -0.25) is 9.59 Å². The third-order valence-electron chi connectivity index (χ3n) is 4.42. The Balaban J connectivity index is 2.02. The van der Waals surface area contributed by atoms with Crippen molar-refractivity contribution in [1.29, 1.82) is 0 Å². The summed E-state index contributed by atoms with van der Waals surface area (Å²) in [5.41, 5.74) is 0.939. The smallest absolute Gasteiger partial charge is 0.257 e. The van der Waals surface area contributed by atoms with Gasteiger partial charge in [-0.1, -0.05) is 12.1 Å². The van der Waals surface area contributed by atoms with Crippen molar-refractivity contribution in [2.75, 3.05) is 40.5 Å². The first kappa shape index (κ1) is 26.1. The van der Waals surface area contributed by atoms with E-state index < -0.39 is 15.9 Å². The number of hydrogen-bond donors (Lipinski definition) is 3. The molecule has 180 valence electrons. The Kier molecular flexibility index (Phi) is 10.1. The molecule has 0 bridgehead atoms. The molecule has 0 saturated carbocycles. The summed E-state index contributed by atoms with van der Waals surface area (Å²) in [5.74, 6) is 0.146. The van der Waals surface area contributed by atoms with Crippen LogP contribution in [0.4, 0.5) is 0 Å². The lowest BCUT2D eigenvalue weighted by atomic mass is 10.1. The number of nitrogens with one attached hydrogen (secondary N) is 3. The zero-order chi connectivity index (χ0) is 24.3. The van der Waals surface area contributed by atoms with Gasteiger partial charge >= 0.3 is 0 Å². The number of carbonyl (C=O) groups is 2. The molecule has 33 heavy (non-hydrogen) atoms. The van der Waals surface area contributed by atoms with Crippen LogP contribution in [-0.4, -0.2) is 60.8 Å². The first-order valence-electron chi connectivity index (χ1n) is 10.2. The molecule has 3 N–H and O–H groups in total. The topological polar surface area (TPSA) is 132 Å². The summed E-state index contributed by atoms with van der Waals surface area (Å²) >= 11 is 0. The molecule has 2 amide bonds. The number of carbonyl (C=O) groups excluding carboxylic acids is 2. The molecule has 0 heterocycles. The average molecular weight is 480 g/mol. The van der Waals surface area contributed by atoms with Gasteiger partial charge in [-0.15, -0.1) is 0 Å². The fourth-order valence-corrected chi connectivity index (χ4v) is 3.84. The van der Waals surface area contributed by atoms with Gasteiger partial charge in [0.2, 0.25) is 10.0 Å². The Morgan fingerprint density at radius 2 is 1.79 bits per heavy atom. The maximum Gasteiger partial charge on any atom is 0.257 e. The van der Waals surface area contributed by atoms with Gasteiger partial charge in [-0.25, -0.2) is 13.1 Å². The lowest BCUT2D eigenvalue weighted by molar-refractivity contribution is -0.123. The van der Waals surface area contributed by atoms with Crippen LogP contribution in [0.1, 0.15) is 22.8 Å². The van der Waals surface area contributed by atoms with E-state index in [1.807, 2.05) is 6.92 Å². The molecule has 0 saturated heterocycles. The van der Waals surface area contributed by atoms with E-state index in [1.165, 1.54) is 38.5 Å². The average Bonchev–Trinajstić information content (AvgIpc) is 2.81. The van der Waals surface area contributed by atoms with Crippen molar-refractivity contribution in [2.45, 2.75) is 18.4 Å². The number of likely N-dealkylation sites (N-methyl/N-ethyl adjacent to an activating group) is 1. The third kappa shape index (κ3) is 8.04. The largest absolute Gasteiger partial charge is 0.493 e. The van der Waals surface area contributed by atoms with E-state index in [0.717, 1.165) is 5.56 Å². The van der Waals surface area contributed by atoms with Gasteiger partial charge in [0.1, 0.15) is 0 Å². The molecule has 0 spiro atoms. The predicted molar refractivity (Wildman–Crippen MR) is 122 cm³/mol. The first-order valence-corrected chi connectivity index (χ1v) is 11.7. The number of amides is 2. The van der Waals surface area contributed by atoms with E-state index in [9.17, 15) is 18.0 Å². The Morgan fingerprint density at radius 1 is 1.00 bits per heavy atom. The van der Waals surface area contributed by atoms with E-state index in [2.05, 4.69) is 15.4 Å². The fraction of sp³-hybridized carbons (Fsp3) is 0.364. The van der Waals surface area contributed by atoms with Gasteiger partial charge in [0, 0.05) is 32.3 Å². The van der Waals surface area contributed by atoms with Crippen LogP contribution in [0.2, 0.25) is 0 Å². The highest BCUT2D eigenvalue weighted by molar-refractivity contribution is 7.89. The first-order chi connectivity index (χ1) is 15.8. The summed E-state index contributed by atoms with van der Waals surface area (Å²) < 4.78 is 42.7. The van der Waals surface area contributed by atoms with Crippen LogP contribution < -0.4 is 24.8 Å². The molecule has 0 fully saturated rings. The zero-order valence-electron chi connectivity index (χ0n) is 18.8. The molecule has 0 aliphatic rings. The molecular weight excluding hydrogens is 450 g/mol. The van der Waals surface area contributed by atoms with Crippen LogP contribution in [0.15, 0.2) is 47.4 Å². The number of hydrogen-bond acceptors (Lipinski definition) is 7. The molecule has 11 heteroatoms. The number of ether oxygens (including phenoxy) is 3. The van der Waals surface area contributed by atoms with Gasteiger partial charge in [0.15, 0.2) is 18.1 Å². The Labute approximate surface area is 193 Å². The van der Waals surface area contributed by atoms with Gasteiger partial charge in [0.05, 0.1) is 18.6 Å². The highest BCUT2D eigenvalue weighted by atomic mass is 32.2. The minimum absolute atomic E-state index is 0.0125. The van der Waals surface area contributed by atoms with Crippen molar-refractivity contribution in [3.8, 4) is 11.5 Å². The van der Waals surface area contributed by atoms with Gasteiger partial charge in [-0.2, -0.15) is 0 Å². The van der Waals surface area contributed by atoms with Crippen LogP contribution in [0.5, 0.6) is 11.5 Å². The molecule has 0 aromatic heterocycles. The van der Waals surface area contributed by atoms with E-state index in [0.29, 0.717) is 18.0 Å². The van der Waals surface area contributed by atoms with Crippen molar-refractivity contribution in [3.63, 3.8) is 0 Å². The van der Waals surface area contributed by atoms with E-state index >= 15 is 0 Å². The number of rotatable bonds is 13. The van der Waals surface area contributed by atoms with Gasteiger partial charge < -0.3 is 24.8 Å². The fourth-order valence-electron chi connectivity index (χ4n) is 2.78. The third-order valence-corrected chi connectivity index (χ3v) is 5.88. The molecule has 0 aliphatic heterocycles. The monoisotopic (exact) mass is 479 g/mol. The summed E-state index contributed by atoms with van der Waals surface area (Å²) in [6.07, 6.45) is 0. The molecular formula is C22H29N3O7S. The molecule has 2 aromatic carbocycles. The van der Waals surface area contributed by atoms with Crippen molar-refractivity contribution >= 4 is 21.8 Å².